The number of rotatable bonds is 0. The van der Waals surface area contributed by atoms with E-state index in [2.05, 4.69) is 9.97 Å². The van der Waals surface area contributed by atoms with Crippen LogP contribution >= 0.6 is 0 Å². The van der Waals surface area contributed by atoms with E-state index in [0.717, 1.165) is 0 Å². The Morgan fingerprint density at radius 2 is 2.33 bits per heavy atom. The molecule has 0 aliphatic rings. The van der Waals surface area contributed by atoms with E-state index in [1.807, 2.05) is 0 Å². The highest BCUT2D eigenvalue weighted by atomic mass is 19.1. The lowest BCUT2D eigenvalue weighted by Gasteiger charge is -1.94. The van der Waals surface area contributed by atoms with Crippen molar-refractivity contribution < 1.29 is 4.39 Å². The highest BCUT2D eigenvalue weighted by Gasteiger charge is 1.99. The van der Waals surface area contributed by atoms with Crippen molar-refractivity contribution in [2.45, 2.75) is 0 Å². The number of hydrogen-bond acceptors (Lipinski definition) is 2. The Bertz CT molecular complexity index is 478. The molecule has 0 atom stereocenters. The zero-order chi connectivity index (χ0) is 8.55. The molecule has 1 N–H and O–H groups in total. The topological polar surface area (TPSA) is 45.8 Å². The summed E-state index contributed by atoms with van der Waals surface area (Å²) >= 11 is 0. The van der Waals surface area contributed by atoms with Crippen molar-refractivity contribution in [3.8, 4) is 0 Å². The van der Waals surface area contributed by atoms with Crippen molar-refractivity contribution in [1.29, 1.82) is 0 Å². The lowest BCUT2D eigenvalue weighted by molar-refractivity contribution is 0.611. The van der Waals surface area contributed by atoms with Crippen molar-refractivity contribution in [3.05, 3.63) is 40.6 Å². The van der Waals surface area contributed by atoms with Gasteiger partial charge in [0.05, 0.1) is 0 Å². The van der Waals surface area contributed by atoms with Crippen LogP contribution in [0.5, 0.6) is 0 Å². The minimum atomic E-state index is -0.782. The minimum Gasteiger partial charge on any atom is -0.304 e. The molecule has 0 bridgehead atoms. The van der Waals surface area contributed by atoms with Crippen LogP contribution in [0.2, 0.25) is 0 Å². The van der Waals surface area contributed by atoms with Gasteiger partial charge in [-0.25, -0.2) is 9.37 Å². The van der Waals surface area contributed by atoms with Crippen LogP contribution in [-0.4, -0.2) is 9.97 Å². The van der Waals surface area contributed by atoms with Crippen LogP contribution in [0.15, 0.2) is 29.2 Å². The third kappa shape index (κ3) is 0.972. The fourth-order valence-corrected chi connectivity index (χ4v) is 1.01. The molecule has 0 spiro atoms. The number of aromatic nitrogens is 2. The highest BCUT2D eigenvalue weighted by Crippen LogP contribution is 2.05. The van der Waals surface area contributed by atoms with Gasteiger partial charge in [-0.05, 0) is 18.2 Å². The lowest BCUT2D eigenvalue weighted by Crippen LogP contribution is -2.10. The molecule has 60 valence electrons. The van der Waals surface area contributed by atoms with Gasteiger partial charge in [-0.1, -0.05) is 0 Å². The van der Waals surface area contributed by atoms with E-state index in [1.165, 1.54) is 12.3 Å². The van der Waals surface area contributed by atoms with E-state index >= 15 is 0 Å². The van der Waals surface area contributed by atoms with Gasteiger partial charge in [0.15, 0.2) is 5.82 Å². The monoisotopic (exact) mass is 164 g/mol. The summed E-state index contributed by atoms with van der Waals surface area (Å²) in [6, 6.07) is 4.53. The molecule has 2 aromatic rings. The van der Waals surface area contributed by atoms with Crippen molar-refractivity contribution in [3.63, 3.8) is 0 Å². The Balaban J connectivity index is 2.93. The van der Waals surface area contributed by atoms with Crippen LogP contribution in [0.25, 0.3) is 11.0 Å². The second kappa shape index (κ2) is 2.41. The van der Waals surface area contributed by atoms with Gasteiger partial charge in [-0.3, -0.25) is 4.79 Å². The molecule has 4 heteroatoms. The average molecular weight is 164 g/mol. The second-order valence-electron chi connectivity index (χ2n) is 2.39. The summed E-state index contributed by atoms with van der Waals surface area (Å²) in [6.07, 6.45) is 1.54. The summed E-state index contributed by atoms with van der Waals surface area (Å²) in [4.78, 5) is 16.9. The molecular formula is C8H5FN2O. The van der Waals surface area contributed by atoms with E-state index in [1.54, 1.807) is 12.1 Å². The molecule has 0 saturated heterocycles. The molecule has 0 aliphatic heterocycles. The van der Waals surface area contributed by atoms with Gasteiger partial charge in [0.2, 0.25) is 0 Å². The maximum atomic E-state index is 12.7. The summed E-state index contributed by atoms with van der Waals surface area (Å²) in [7, 11) is 0. The Morgan fingerprint density at radius 1 is 1.50 bits per heavy atom. The van der Waals surface area contributed by atoms with E-state index in [9.17, 15) is 9.18 Å². The lowest BCUT2D eigenvalue weighted by atomic mass is 10.3. The first-order valence-electron chi connectivity index (χ1n) is 3.41. The maximum Gasteiger partial charge on any atom is 0.285 e. The number of pyridine rings is 2. The zero-order valence-electron chi connectivity index (χ0n) is 6.04. The molecule has 0 fully saturated rings. The Morgan fingerprint density at radius 3 is 3.17 bits per heavy atom. The normalized spacial score (nSPS) is 10.4. The molecular weight excluding hydrogens is 159 g/mol. The number of fused-ring (bicyclic) bond motifs is 1. The van der Waals surface area contributed by atoms with Crippen molar-refractivity contribution >= 4 is 11.0 Å². The first-order chi connectivity index (χ1) is 5.77. The van der Waals surface area contributed by atoms with Crippen molar-refractivity contribution in [2.75, 3.05) is 0 Å². The molecule has 0 amide bonds. The number of aromatic amines is 1. The molecule has 0 unspecified atom stereocenters. The molecule has 2 rings (SSSR count). The summed E-state index contributed by atoms with van der Waals surface area (Å²) in [5.41, 5.74) is -0.329. The van der Waals surface area contributed by atoms with Crippen molar-refractivity contribution in [1.82, 2.24) is 9.97 Å². The smallest absolute Gasteiger partial charge is 0.285 e. The van der Waals surface area contributed by atoms with Gasteiger partial charge in [0.1, 0.15) is 5.65 Å². The largest absolute Gasteiger partial charge is 0.304 e. The Labute approximate surface area is 66.9 Å². The number of nitrogens with zero attached hydrogens (tertiary/aromatic N) is 1. The Hall–Kier alpha value is -1.71. The van der Waals surface area contributed by atoms with Gasteiger partial charge in [0.25, 0.3) is 5.56 Å². The van der Waals surface area contributed by atoms with Crippen LogP contribution in [0, 0.1) is 5.82 Å². The molecule has 12 heavy (non-hydrogen) atoms. The number of nitrogens with one attached hydrogen (secondary N) is 1. The summed E-state index contributed by atoms with van der Waals surface area (Å²) in [5, 5.41) is 0.592. The van der Waals surface area contributed by atoms with Gasteiger partial charge in [0, 0.05) is 11.6 Å². The summed E-state index contributed by atoms with van der Waals surface area (Å²) in [6.45, 7) is 0. The van der Waals surface area contributed by atoms with Crippen LogP contribution in [0.1, 0.15) is 0 Å². The SMILES string of the molecule is O=c1[nH]c2ncccc2cc1F. The predicted octanol–water partition coefficient (Wildman–Crippen LogP) is 1.06. The number of halogens is 1. The molecule has 0 saturated carbocycles. The van der Waals surface area contributed by atoms with E-state index < -0.39 is 11.4 Å². The van der Waals surface area contributed by atoms with Gasteiger partial charge >= 0.3 is 0 Å². The molecule has 0 aliphatic carbocycles. The Kier molecular flexibility index (Phi) is 1.40. The number of H-pyrrole nitrogens is 1. The highest BCUT2D eigenvalue weighted by molar-refractivity contribution is 5.73. The van der Waals surface area contributed by atoms with Crippen LogP contribution in [0.4, 0.5) is 4.39 Å². The van der Waals surface area contributed by atoms with E-state index in [0.29, 0.717) is 11.0 Å². The maximum absolute atomic E-state index is 12.7. The molecule has 0 aromatic carbocycles. The van der Waals surface area contributed by atoms with Crippen LogP contribution in [-0.2, 0) is 0 Å². The zero-order valence-corrected chi connectivity index (χ0v) is 6.04. The summed E-state index contributed by atoms with van der Waals surface area (Å²) in [5.74, 6) is -0.782. The first kappa shape index (κ1) is 6.97. The van der Waals surface area contributed by atoms with E-state index in [4.69, 9.17) is 0 Å². The van der Waals surface area contributed by atoms with Gasteiger partial charge in [-0.2, -0.15) is 0 Å². The number of hydrogen-bond donors (Lipinski definition) is 1. The van der Waals surface area contributed by atoms with Crippen LogP contribution < -0.4 is 5.56 Å². The third-order valence-corrected chi connectivity index (χ3v) is 1.57. The third-order valence-electron chi connectivity index (χ3n) is 1.57. The standard InChI is InChI=1S/C8H5FN2O/c9-6-4-5-2-1-3-10-7(5)11-8(6)12/h1-4H,(H,10,11,12). The molecule has 3 nitrogen and oxygen atoms in total. The summed E-state index contributed by atoms with van der Waals surface area (Å²) < 4.78 is 12.7. The fourth-order valence-electron chi connectivity index (χ4n) is 1.01. The minimum absolute atomic E-state index is 0.406. The molecule has 2 heterocycles. The molecule has 0 radical (unpaired) electrons. The van der Waals surface area contributed by atoms with Gasteiger partial charge < -0.3 is 4.98 Å². The quantitative estimate of drug-likeness (QED) is 0.632. The van der Waals surface area contributed by atoms with E-state index in [-0.39, 0.29) is 0 Å². The molecule has 2 aromatic heterocycles. The van der Waals surface area contributed by atoms with Crippen molar-refractivity contribution in [2.24, 2.45) is 0 Å². The fraction of sp³-hybridized carbons (Fsp3) is 0. The predicted molar refractivity (Wildman–Crippen MR) is 42.3 cm³/mol. The first-order valence-corrected chi connectivity index (χ1v) is 3.41. The van der Waals surface area contributed by atoms with Gasteiger partial charge in [-0.15, -0.1) is 0 Å². The van der Waals surface area contributed by atoms with Crippen LogP contribution in [0.3, 0.4) is 0 Å². The average Bonchev–Trinajstić information content (AvgIpc) is 2.07. The second-order valence-corrected chi connectivity index (χ2v) is 2.39.